The summed E-state index contributed by atoms with van der Waals surface area (Å²) in [6, 6.07) is 0. The van der Waals surface area contributed by atoms with Crippen LogP contribution in [-0.2, 0) is 0 Å². The van der Waals surface area contributed by atoms with Gasteiger partial charge in [0.1, 0.15) is 0 Å². The molecule has 0 saturated carbocycles. The molecule has 3 heteroatoms. The first-order valence-electron chi connectivity index (χ1n) is 2.83. The molecule has 0 aromatic rings. The van der Waals surface area contributed by atoms with Crippen LogP contribution in [0, 0.1) is 11.4 Å². The molecule has 0 atom stereocenters. The number of nitrogens with zero attached hydrogens (tertiary/aromatic N) is 1. The van der Waals surface area contributed by atoms with Crippen molar-refractivity contribution in [3.8, 4) is 0 Å². The van der Waals surface area contributed by atoms with Gasteiger partial charge in [0, 0.05) is 10.6 Å². The number of alkyl halides is 1. The summed E-state index contributed by atoms with van der Waals surface area (Å²) < 4.78 is 0.970. The van der Waals surface area contributed by atoms with E-state index >= 15 is 0 Å². The molecule has 0 aliphatic rings. The Morgan fingerprint density at radius 3 is 2.44 bits per heavy atom. The maximum atomic E-state index is 6.58. The molecule has 0 aromatic heterocycles. The summed E-state index contributed by atoms with van der Waals surface area (Å²) in [6.07, 6.45) is 1.62. The van der Waals surface area contributed by atoms with E-state index in [9.17, 15) is 0 Å². The molecule has 0 heterocycles. The second-order valence-electron chi connectivity index (χ2n) is 2.12. The van der Waals surface area contributed by atoms with Crippen molar-refractivity contribution in [1.29, 1.82) is 5.53 Å². The van der Waals surface area contributed by atoms with Gasteiger partial charge in [-0.1, -0.05) is 36.4 Å². The van der Waals surface area contributed by atoms with E-state index in [4.69, 9.17) is 5.53 Å². The average Bonchev–Trinajstić information content (AvgIpc) is 1.82. The van der Waals surface area contributed by atoms with Gasteiger partial charge in [-0.2, -0.15) is 5.11 Å². The second-order valence-corrected chi connectivity index (χ2v) is 2.88. The molecule has 0 amide bonds. The van der Waals surface area contributed by atoms with Gasteiger partial charge < -0.3 is 0 Å². The Kier molecular flexibility index (Phi) is 4.94. The molecular weight excluding hydrogens is 227 g/mol. The van der Waals surface area contributed by atoms with Crippen molar-refractivity contribution < 1.29 is 0 Å². The van der Waals surface area contributed by atoms with Gasteiger partial charge in [0.2, 0.25) is 0 Å². The van der Waals surface area contributed by atoms with Crippen LogP contribution >= 0.6 is 22.6 Å². The van der Waals surface area contributed by atoms with Gasteiger partial charge in [0.05, 0.1) is 0 Å². The van der Waals surface area contributed by atoms with Crippen LogP contribution < -0.4 is 0 Å². The van der Waals surface area contributed by atoms with Crippen LogP contribution in [0.15, 0.2) is 16.9 Å². The van der Waals surface area contributed by atoms with Gasteiger partial charge in [-0.25, -0.2) is 5.53 Å². The third-order valence-electron chi connectivity index (χ3n) is 1.13. The normalized spacial score (nSPS) is 12.2. The van der Waals surface area contributed by atoms with Gasteiger partial charge in [-0.15, -0.1) is 0 Å². The highest BCUT2D eigenvalue weighted by molar-refractivity contribution is 14.1. The van der Waals surface area contributed by atoms with Gasteiger partial charge in [-0.05, 0) is 11.5 Å². The number of nitrogens with one attached hydrogen (secondary N) is 1. The SMILES string of the molecule is CC(C)/C(=C/N=N)CI. The molecule has 2 nitrogen and oxygen atoms in total. The van der Waals surface area contributed by atoms with Crippen molar-refractivity contribution in [2.75, 3.05) is 4.43 Å². The van der Waals surface area contributed by atoms with Crippen molar-refractivity contribution in [2.24, 2.45) is 11.0 Å². The fourth-order valence-electron chi connectivity index (χ4n) is 0.421. The number of hydrogen-bond donors (Lipinski definition) is 1. The fourth-order valence-corrected chi connectivity index (χ4v) is 1.50. The van der Waals surface area contributed by atoms with Crippen LogP contribution in [0.25, 0.3) is 0 Å². The quantitative estimate of drug-likeness (QED) is 0.445. The molecule has 0 aliphatic carbocycles. The maximum absolute atomic E-state index is 6.58. The highest BCUT2D eigenvalue weighted by Crippen LogP contribution is 2.11. The highest BCUT2D eigenvalue weighted by Gasteiger charge is 1.98. The molecule has 1 N–H and O–H groups in total. The Labute approximate surface area is 69.4 Å². The molecule has 0 spiro atoms. The summed E-state index contributed by atoms with van der Waals surface area (Å²) in [7, 11) is 0. The van der Waals surface area contributed by atoms with E-state index in [2.05, 4.69) is 41.6 Å². The molecular formula is C6H11IN2. The smallest absolute Gasteiger partial charge is 0.0491 e. The summed E-state index contributed by atoms with van der Waals surface area (Å²) in [5, 5.41) is 3.21. The minimum absolute atomic E-state index is 0.524. The first-order valence-corrected chi connectivity index (χ1v) is 4.36. The van der Waals surface area contributed by atoms with Crippen LogP contribution in [0.5, 0.6) is 0 Å². The summed E-state index contributed by atoms with van der Waals surface area (Å²) in [6.45, 7) is 4.21. The van der Waals surface area contributed by atoms with Crippen molar-refractivity contribution in [2.45, 2.75) is 13.8 Å². The Balaban J connectivity index is 3.96. The minimum Gasteiger partial charge on any atom is -0.205 e. The first-order chi connectivity index (χ1) is 4.22. The topological polar surface area (TPSA) is 36.2 Å². The third-order valence-corrected chi connectivity index (χ3v) is 2.01. The molecule has 0 saturated heterocycles. The number of allylic oxidation sites excluding steroid dienone is 1. The summed E-state index contributed by atoms with van der Waals surface area (Å²) >= 11 is 2.28. The zero-order chi connectivity index (χ0) is 7.28. The van der Waals surface area contributed by atoms with Crippen LogP contribution in [0.1, 0.15) is 13.8 Å². The molecule has 9 heavy (non-hydrogen) atoms. The van der Waals surface area contributed by atoms with Gasteiger partial charge in [0.25, 0.3) is 0 Å². The van der Waals surface area contributed by atoms with E-state index in [1.54, 1.807) is 6.20 Å². The standard InChI is InChI=1S/C6H11IN2/c1-5(2)6(3-7)4-9-8/h4-5,8H,3H2,1-2H3/b6-4+,9-8?. The number of hydrogen-bond acceptors (Lipinski definition) is 2. The van der Waals surface area contributed by atoms with Crippen molar-refractivity contribution >= 4 is 22.6 Å². The Morgan fingerprint density at radius 1 is 1.78 bits per heavy atom. The van der Waals surface area contributed by atoms with Crippen LogP contribution in [0.2, 0.25) is 0 Å². The molecule has 52 valence electrons. The van der Waals surface area contributed by atoms with E-state index in [0.29, 0.717) is 5.92 Å². The third kappa shape index (κ3) is 3.61. The lowest BCUT2D eigenvalue weighted by molar-refractivity contribution is 0.769. The Hall–Kier alpha value is 0.0700. The molecule has 0 radical (unpaired) electrons. The summed E-state index contributed by atoms with van der Waals surface area (Å²) in [5.74, 6) is 0.524. The van der Waals surface area contributed by atoms with Gasteiger partial charge in [-0.3, -0.25) is 0 Å². The van der Waals surface area contributed by atoms with Gasteiger partial charge in [0.15, 0.2) is 0 Å². The lowest BCUT2D eigenvalue weighted by Crippen LogP contribution is -1.93. The van der Waals surface area contributed by atoms with E-state index in [-0.39, 0.29) is 0 Å². The van der Waals surface area contributed by atoms with E-state index in [1.165, 1.54) is 5.57 Å². The molecule has 0 unspecified atom stereocenters. The zero-order valence-electron chi connectivity index (χ0n) is 5.69. The highest BCUT2D eigenvalue weighted by atomic mass is 127. The minimum atomic E-state index is 0.524. The monoisotopic (exact) mass is 238 g/mol. The Bertz CT molecular complexity index is 118. The fraction of sp³-hybridized carbons (Fsp3) is 0.667. The predicted molar refractivity (Wildman–Crippen MR) is 47.0 cm³/mol. The van der Waals surface area contributed by atoms with E-state index in [0.717, 1.165) is 4.43 Å². The molecule has 0 rings (SSSR count). The van der Waals surface area contributed by atoms with E-state index < -0.39 is 0 Å². The molecule has 0 fully saturated rings. The van der Waals surface area contributed by atoms with Crippen molar-refractivity contribution in [3.63, 3.8) is 0 Å². The van der Waals surface area contributed by atoms with Crippen molar-refractivity contribution in [3.05, 3.63) is 11.8 Å². The Morgan fingerprint density at radius 2 is 2.33 bits per heavy atom. The predicted octanol–water partition coefficient (Wildman–Crippen LogP) is 2.99. The maximum Gasteiger partial charge on any atom is 0.0491 e. The van der Waals surface area contributed by atoms with Gasteiger partial charge >= 0.3 is 0 Å². The molecule has 0 aromatic carbocycles. The zero-order valence-corrected chi connectivity index (χ0v) is 7.84. The van der Waals surface area contributed by atoms with Crippen LogP contribution in [0.4, 0.5) is 0 Å². The summed E-state index contributed by atoms with van der Waals surface area (Å²) in [5.41, 5.74) is 7.80. The number of halogens is 1. The lowest BCUT2D eigenvalue weighted by Gasteiger charge is -2.03. The van der Waals surface area contributed by atoms with Crippen LogP contribution in [0.3, 0.4) is 0 Å². The first kappa shape index (κ1) is 9.07. The second kappa shape index (κ2) is 4.90. The molecule has 0 aliphatic heterocycles. The van der Waals surface area contributed by atoms with Crippen molar-refractivity contribution in [1.82, 2.24) is 0 Å². The number of rotatable bonds is 3. The largest absolute Gasteiger partial charge is 0.205 e. The summed E-state index contributed by atoms with van der Waals surface area (Å²) in [4.78, 5) is 0. The van der Waals surface area contributed by atoms with Crippen LogP contribution in [-0.4, -0.2) is 4.43 Å². The molecule has 0 bridgehead atoms. The lowest BCUT2D eigenvalue weighted by atomic mass is 10.1. The average molecular weight is 238 g/mol. The van der Waals surface area contributed by atoms with E-state index in [1.807, 2.05) is 0 Å².